The Kier molecular flexibility index (Phi) is 7.03. The van der Waals surface area contributed by atoms with Crippen molar-refractivity contribution in [1.29, 1.82) is 0 Å². The molecule has 0 amide bonds. The predicted molar refractivity (Wildman–Crippen MR) is 104 cm³/mol. The Bertz CT molecular complexity index is 1090. The molecule has 0 saturated carbocycles. The smallest absolute Gasteiger partial charge is 0.406 e. The predicted octanol–water partition coefficient (Wildman–Crippen LogP) is 5.00. The van der Waals surface area contributed by atoms with E-state index in [1.54, 1.807) is 0 Å². The Balaban J connectivity index is 1.98. The normalized spacial score (nSPS) is 11.3. The highest BCUT2D eigenvalue weighted by Crippen LogP contribution is 2.30. The van der Waals surface area contributed by atoms with Crippen molar-refractivity contribution in [2.75, 3.05) is 23.8 Å². The van der Waals surface area contributed by atoms with Crippen molar-refractivity contribution in [3.05, 3.63) is 59.9 Å². The number of halogens is 6. The highest BCUT2D eigenvalue weighted by atomic mass is 19.4. The van der Waals surface area contributed by atoms with E-state index in [9.17, 15) is 26.3 Å². The first-order valence-corrected chi connectivity index (χ1v) is 9.17. The van der Waals surface area contributed by atoms with Gasteiger partial charge in [0.1, 0.15) is 11.6 Å². The van der Waals surface area contributed by atoms with Crippen LogP contribution in [-0.2, 0) is 0 Å². The van der Waals surface area contributed by atoms with E-state index in [-0.39, 0.29) is 36.2 Å². The lowest BCUT2D eigenvalue weighted by Gasteiger charge is -2.13. The Hall–Kier alpha value is -3.54. The third-order valence-corrected chi connectivity index (χ3v) is 4.01. The van der Waals surface area contributed by atoms with Crippen LogP contribution in [0.15, 0.2) is 42.5 Å². The van der Waals surface area contributed by atoms with Crippen LogP contribution in [0.25, 0.3) is 11.3 Å². The first-order chi connectivity index (χ1) is 15.2. The number of aliphatic hydroxyl groups excluding tert-OH is 1. The topological polar surface area (TPSA) is 79.3 Å². The fourth-order valence-corrected chi connectivity index (χ4v) is 2.63. The second-order valence-corrected chi connectivity index (χ2v) is 6.39. The SMILES string of the molecule is OCCCNc1nc(Nc2ccc(F)c(F)c2F)cc(-c2cccc(OC(F)(F)F)c2)n1. The molecule has 0 bridgehead atoms. The summed E-state index contributed by atoms with van der Waals surface area (Å²) in [6, 6.07) is 7.95. The van der Waals surface area contributed by atoms with Gasteiger partial charge in [-0.3, -0.25) is 0 Å². The summed E-state index contributed by atoms with van der Waals surface area (Å²) >= 11 is 0. The van der Waals surface area contributed by atoms with Gasteiger partial charge >= 0.3 is 6.36 Å². The molecule has 32 heavy (non-hydrogen) atoms. The van der Waals surface area contributed by atoms with Crippen LogP contribution in [0, 0.1) is 17.5 Å². The first kappa shape index (κ1) is 23.1. The molecule has 0 unspecified atom stereocenters. The molecule has 0 aliphatic heterocycles. The molecule has 0 aliphatic carbocycles. The third-order valence-electron chi connectivity index (χ3n) is 4.01. The van der Waals surface area contributed by atoms with Gasteiger partial charge in [0.2, 0.25) is 5.95 Å². The number of hydrogen-bond donors (Lipinski definition) is 3. The van der Waals surface area contributed by atoms with Crippen LogP contribution in [0.1, 0.15) is 6.42 Å². The molecule has 1 aromatic heterocycles. The van der Waals surface area contributed by atoms with Crippen molar-refractivity contribution >= 4 is 17.5 Å². The molecule has 1 heterocycles. The number of hydrogen-bond acceptors (Lipinski definition) is 6. The van der Waals surface area contributed by atoms with Crippen molar-refractivity contribution in [3.8, 4) is 17.0 Å². The number of aromatic nitrogens is 2. The van der Waals surface area contributed by atoms with E-state index < -0.39 is 35.3 Å². The standard InChI is InChI=1S/C20H16F6N4O2/c21-13-5-6-14(18(23)17(13)22)28-16-10-15(29-19(30-16)27-7-2-8-31)11-3-1-4-12(9-11)32-20(24,25)26/h1,3-6,9-10,31H,2,7-8H2,(H2,27,28,29,30). The van der Waals surface area contributed by atoms with E-state index in [0.29, 0.717) is 6.42 Å². The third kappa shape index (κ3) is 6.00. The lowest BCUT2D eigenvalue weighted by molar-refractivity contribution is -0.274. The van der Waals surface area contributed by atoms with Gasteiger partial charge in [-0.1, -0.05) is 12.1 Å². The van der Waals surface area contributed by atoms with Crippen LogP contribution < -0.4 is 15.4 Å². The van der Waals surface area contributed by atoms with E-state index in [4.69, 9.17) is 5.11 Å². The summed E-state index contributed by atoms with van der Waals surface area (Å²) in [5.74, 6) is -5.05. The van der Waals surface area contributed by atoms with E-state index in [0.717, 1.165) is 24.3 Å². The Labute approximate surface area is 177 Å². The summed E-state index contributed by atoms with van der Waals surface area (Å²) in [7, 11) is 0. The van der Waals surface area contributed by atoms with Gasteiger partial charge in [0.05, 0.1) is 11.4 Å². The summed E-state index contributed by atoms with van der Waals surface area (Å²) in [4.78, 5) is 8.29. The lowest BCUT2D eigenvalue weighted by Crippen LogP contribution is -2.17. The van der Waals surface area contributed by atoms with E-state index in [1.807, 2.05) is 0 Å². The molecule has 3 aromatic rings. The summed E-state index contributed by atoms with van der Waals surface area (Å²) in [5, 5.41) is 14.2. The second kappa shape index (κ2) is 9.73. The fourth-order valence-electron chi connectivity index (χ4n) is 2.63. The quantitative estimate of drug-likeness (QED) is 0.251. The number of aliphatic hydroxyl groups is 1. The minimum Gasteiger partial charge on any atom is -0.406 e. The molecular formula is C20H16F6N4O2. The average molecular weight is 458 g/mol. The summed E-state index contributed by atoms with van der Waals surface area (Å²) in [6.45, 7) is 0.144. The maximum atomic E-state index is 14.0. The van der Waals surface area contributed by atoms with Gasteiger partial charge in [0.15, 0.2) is 17.5 Å². The second-order valence-electron chi connectivity index (χ2n) is 6.39. The Morgan fingerprint density at radius 2 is 1.75 bits per heavy atom. The number of nitrogens with one attached hydrogen (secondary N) is 2. The van der Waals surface area contributed by atoms with Crippen molar-refractivity contribution in [2.24, 2.45) is 0 Å². The molecule has 0 fully saturated rings. The van der Waals surface area contributed by atoms with Gasteiger partial charge < -0.3 is 20.5 Å². The molecule has 2 aromatic carbocycles. The molecule has 6 nitrogen and oxygen atoms in total. The average Bonchev–Trinajstić information content (AvgIpc) is 2.73. The van der Waals surface area contributed by atoms with Crippen LogP contribution in [0.5, 0.6) is 5.75 Å². The highest BCUT2D eigenvalue weighted by Gasteiger charge is 2.31. The van der Waals surface area contributed by atoms with Crippen molar-refractivity contribution in [3.63, 3.8) is 0 Å². The number of ether oxygens (including phenoxy) is 1. The molecule has 170 valence electrons. The van der Waals surface area contributed by atoms with E-state index in [2.05, 4.69) is 25.3 Å². The zero-order valence-corrected chi connectivity index (χ0v) is 16.2. The molecule has 0 radical (unpaired) electrons. The van der Waals surface area contributed by atoms with Crippen molar-refractivity contribution in [2.45, 2.75) is 12.8 Å². The van der Waals surface area contributed by atoms with Gasteiger partial charge in [-0.05, 0) is 30.7 Å². The maximum Gasteiger partial charge on any atom is 0.573 e. The number of rotatable bonds is 8. The molecule has 3 N–H and O–H groups in total. The molecule has 0 atom stereocenters. The molecule has 0 saturated heterocycles. The zero-order valence-electron chi connectivity index (χ0n) is 16.2. The highest BCUT2D eigenvalue weighted by molar-refractivity contribution is 5.68. The number of benzene rings is 2. The lowest BCUT2D eigenvalue weighted by atomic mass is 10.1. The summed E-state index contributed by atoms with van der Waals surface area (Å²) in [6.07, 6.45) is -4.54. The molecule has 3 rings (SSSR count). The number of alkyl halides is 3. The van der Waals surface area contributed by atoms with Crippen LogP contribution in [-0.4, -0.2) is 34.6 Å². The van der Waals surface area contributed by atoms with Crippen LogP contribution in [0.3, 0.4) is 0 Å². The van der Waals surface area contributed by atoms with Crippen LogP contribution in [0.2, 0.25) is 0 Å². The van der Waals surface area contributed by atoms with E-state index in [1.165, 1.54) is 18.2 Å². The monoisotopic (exact) mass is 458 g/mol. The zero-order chi connectivity index (χ0) is 23.3. The molecule has 12 heteroatoms. The van der Waals surface area contributed by atoms with Gasteiger partial charge in [-0.15, -0.1) is 13.2 Å². The Morgan fingerprint density at radius 1 is 0.969 bits per heavy atom. The first-order valence-electron chi connectivity index (χ1n) is 9.17. The van der Waals surface area contributed by atoms with Crippen LogP contribution >= 0.6 is 0 Å². The number of nitrogens with zero attached hydrogens (tertiary/aromatic N) is 2. The van der Waals surface area contributed by atoms with E-state index >= 15 is 0 Å². The van der Waals surface area contributed by atoms with Gasteiger partial charge in [-0.25, -0.2) is 18.2 Å². The molecular weight excluding hydrogens is 442 g/mol. The minimum absolute atomic E-state index is 0.00332. The number of anilines is 3. The molecule has 0 spiro atoms. The largest absolute Gasteiger partial charge is 0.573 e. The summed E-state index contributed by atoms with van der Waals surface area (Å²) in [5.41, 5.74) is -0.0678. The van der Waals surface area contributed by atoms with Crippen molar-refractivity contribution in [1.82, 2.24) is 9.97 Å². The minimum atomic E-state index is -4.89. The fraction of sp³-hybridized carbons (Fsp3) is 0.200. The van der Waals surface area contributed by atoms with Gasteiger partial charge in [0.25, 0.3) is 0 Å². The van der Waals surface area contributed by atoms with Crippen LogP contribution in [0.4, 0.5) is 43.8 Å². The summed E-state index contributed by atoms with van der Waals surface area (Å²) < 4.78 is 82.3. The molecule has 0 aliphatic rings. The van der Waals surface area contributed by atoms with Gasteiger partial charge in [0, 0.05) is 24.8 Å². The van der Waals surface area contributed by atoms with Gasteiger partial charge in [-0.2, -0.15) is 4.98 Å². The Morgan fingerprint density at radius 3 is 2.47 bits per heavy atom. The van der Waals surface area contributed by atoms with Crippen molar-refractivity contribution < 1.29 is 36.2 Å². The maximum absolute atomic E-state index is 14.0.